The first-order valence-electron chi connectivity index (χ1n) is 11.6. The number of rotatable bonds is 5. The van der Waals surface area contributed by atoms with Crippen molar-refractivity contribution < 1.29 is 19.1 Å². The molecule has 3 saturated carbocycles. The monoisotopic (exact) mass is 447 g/mol. The van der Waals surface area contributed by atoms with Crippen LogP contribution in [0.5, 0.6) is 0 Å². The molecule has 2 aromatic carbocycles. The summed E-state index contributed by atoms with van der Waals surface area (Å²) in [5.74, 6) is -0.528. The summed E-state index contributed by atoms with van der Waals surface area (Å²) in [4.78, 5) is 38.5. The van der Waals surface area contributed by atoms with E-state index >= 15 is 0 Å². The quantitative estimate of drug-likeness (QED) is 0.613. The zero-order chi connectivity index (χ0) is 23.0. The number of anilines is 1. The topological polar surface area (TPSA) is 96.5 Å². The molecule has 4 aliphatic rings. The Balaban J connectivity index is 1.30. The lowest BCUT2D eigenvalue weighted by atomic mass is 9.58. The minimum absolute atomic E-state index is 0.0634. The van der Waals surface area contributed by atoms with E-state index in [0.717, 1.165) is 24.1 Å². The van der Waals surface area contributed by atoms with Crippen LogP contribution in [0.25, 0.3) is 0 Å². The molecule has 7 nitrogen and oxygen atoms in total. The molecule has 0 aromatic heterocycles. The van der Waals surface area contributed by atoms with E-state index in [1.165, 1.54) is 7.11 Å². The Morgan fingerprint density at radius 1 is 1.09 bits per heavy atom. The standard InChI is InChI=1S/C26H29N3O4/c1-33-25(32)22(13-16-7-3-2-4-8-16)27-23(30)20-14-18-12-11-17(20)15-26(18)28-21-10-6-5-9-19(21)24(31)29-26/h2-10,17-18,20,22,28H,11-15H2,1H3,(H,27,30)(H,29,31)/t17-,18+,20+,22+,26-/m1/s1. The van der Waals surface area contributed by atoms with Gasteiger partial charge in [0.2, 0.25) is 5.91 Å². The Morgan fingerprint density at radius 2 is 1.85 bits per heavy atom. The van der Waals surface area contributed by atoms with Gasteiger partial charge in [-0.2, -0.15) is 0 Å². The molecule has 2 aromatic rings. The summed E-state index contributed by atoms with van der Waals surface area (Å²) < 4.78 is 4.96. The van der Waals surface area contributed by atoms with E-state index in [9.17, 15) is 14.4 Å². The normalized spacial score (nSPS) is 28.3. The molecule has 33 heavy (non-hydrogen) atoms. The Morgan fingerprint density at radius 3 is 2.58 bits per heavy atom. The Kier molecular flexibility index (Phi) is 5.56. The van der Waals surface area contributed by atoms with Gasteiger partial charge in [-0.3, -0.25) is 9.59 Å². The van der Waals surface area contributed by atoms with E-state index < -0.39 is 17.7 Å². The van der Waals surface area contributed by atoms with Crippen LogP contribution in [0.3, 0.4) is 0 Å². The third kappa shape index (κ3) is 3.96. The number of hydrogen-bond acceptors (Lipinski definition) is 5. The minimum Gasteiger partial charge on any atom is -0.467 e. The first kappa shape index (κ1) is 21.5. The number of hydrogen-bond donors (Lipinski definition) is 3. The SMILES string of the molecule is COC(=O)[C@H](Cc1ccccc1)NC(=O)[C@H]1C[C@@H]2CC[C@@H]1C[C@@]21NC(=O)c2ccccc2N1. The molecular formula is C26H29N3O4. The Hall–Kier alpha value is -3.35. The van der Waals surface area contributed by atoms with Crippen LogP contribution in [0, 0.1) is 17.8 Å². The third-order valence-corrected chi connectivity index (χ3v) is 7.56. The van der Waals surface area contributed by atoms with Crippen molar-refractivity contribution in [3.63, 3.8) is 0 Å². The highest BCUT2D eigenvalue weighted by Gasteiger charge is 2.55. The van der Waals surface area contributed by atoms with E-state index in [0.29, 0.717) is 24.8 Å². The summed E-state index contributed by atoms with van der Waals surface area (Å²) in [5.41, 5.74) is 1.95. The smallest absolute Gasteiger partial charge is 0.328 e. The minimum atomic E-state index is -0.723. The maximum absolute atomic E-state index is 13.3. The van der Waals surface area contributed by atoms with E-state index in [2.05, 4.69) is 16.0 Å². The number of fused-ring (bicyclic) bond motifs is 3. The zero-order valence-corrected chi connectivity index (χ0v) is 18.7. The summed E-state index contributed by atoms with van der Waals surface area (Å²) in [5, 5.41) is 9.79. The van der Waals surface area contributed by atoms with E-state index in [4.69, 9.17) is 4.74 Å². The van der Waals surface area contributed by atoms with Gasteiger partial charge in [0.1, 0.15) is 11.7 Å². The number of ether oxygens (including phenoxy) is 1. The molecule has 7 heteroatoms. The molecule has 5 atom stereocenters. The van der Waals surface area contributed by atoms with Gasteiger partial charge in [-0.15, -0.1) is 0 Å². The third-order valence-electron chi connectivity index (χ3n) is 7.56. The second-order valence-electron chi connectivity index (χ2n) is 9.45. The van der Waals surface area contributed by atoms with E-state index in [-0.39, 0.29) is 29.6 Å². The number of benzene rings is 2. The van der Waals surface area contributed by atoms with Crippen LogP contribution in [-0.2, 0) is 20.7 Å². The molecular weight excluding hydrogens is 418 g/mol. The Labute approximate surface area is 193 Å². The Bertz CT molecular complexity index is 1070. The molecule has 3 aliphatic carbocycles. The van der Waals surface area contributed by atoms with Crippen molar-refractivity contribution in [3.8, 4) is 0 Å². The summed E-state index contributed by atoms with van der Waals surface area (Å²) in [6, 6.07) is 16.4. The van der Waals surface area contributed by atoms with Crippen LogP contribution in [0.15, 0.2) is 54.6 Å². The molecule has 1 aliphatic heterocycles. The predicted molar refractivity (Wildman–Crippen MR) is 123 cm³/mol. The molecule has 172 valence electrons. The number of carbonyl (C=O) groups is 3. The summed E-state index contributed by atoms with van der Waals surface area (Å²) in [6.45, 7) is 0. The largest absolute Gasteiger partial charge is 0.467 e. The lowest BCUT2D eigenvalue weighted by molar-refractivity contribution is -0.147. The lowest BCUT2D eigenvalue weighted by Gasteiger charge is -2.56. The van der Waals surface area contributed by atoms with Crippen molar-refractivity contribution in [1.29, 1.82) is 0 Å². The number of esters is 1. The second-order valence-corrected chi connectivity index (χ2v) is 9.45. The molecule has 1 heterocycles. The number of amides is 2. The van der Waals surface area contributed by atoms with Gasteiger partial charge in [0.05, 0.1) is 12.7 Å². The second kappa shape index (κ2) is 8.54. The molecule has 0 saturated heterocycles. The van der Waals surface area contributed by atoms with Gasteiger partial charge in [0.25, 0.3) is 5.91 Å². The van der Waals surface area contributed by atoms with Gasteiger partial charge in [-0.1, -0.05) is 42.5 Å². The molecule has 0 radical (unpaired) electrons. The highest BCUT2D eigenvalue weighted by atomic mass is 16.5. The maximum Gasteiger partial charge on any atom is 0.328 e. The van der Waals surface area contributed by atoms with Crippen LogP contribution in [-0.4, -0.2) is 36.6 Å². The lowest BCUT2D eigenvalue weighted by Crippen LogP contribution is -2.68. The predicted octanol–water partition coefficient (Wildman–Crippen LogP) is 2.87. The van der Waals surface area contributed by atoms with Crippen molar-refractivity contribution in [2.45, 2.75) is 43.8 Å². The molecule has 0 unspecified atom stereocenters. The van der Waals surface area contributed by atoms with Gasteiger partial charge in [0.15, 0.2) is 0 Å². The first-order valence-corrected chi connectivity index (χ1v) is 11.6. The van der Waals surface area contributed by atoms with Crippen molar-refractivity contribution in [2.75, 3.05) is 12.4 Å². The average Bonchev–Trinajstić information content (AvgIpc) is 2.84. The molecule has 3 fully saturated rings. The summed E-state index contributed by atoms with van der Waals surface area (Å²) in [7, 11) is 1.34. The highest BCUT2D eigenvalue weighted by Crippen LogP contribution is 2.51. The fourth-order valence-electron chi connectivity index (χ4n) is 5.93. The average molecular weight is 448 g/mol. The summed E-state index contributed by atoms with van der Waals surface area (Å²) >= 11 is 0. The molecule has 6 rings (SSSR count). The summed E-state index contributed by atoms with van der Waals surface area (Å²) in [6.07, 6.45) is 3.64. The van der Waals surface area contributed by atoms with Crippen LogP contribution < -0.4 is 16.0 Å². The fourth-order valence-corrected chi connectivity index (χ4v) is 5.93. The molecule has 3 N–H and O–H groups in total. The molecule has 2 bridgehead atoms. The number of nitrogens with one attached hydrogen (secondary N) is 3. The van der Waals surface area contributed by atoms with Crippen molar-refractivity contribution in [2.24, 2.45) is 17.8 Å². The number of methoxy groups -OCH3 is 1. The fraction of sp³-hybridized carbons (Fsp3) is 0.423. The maximum atomic E-state index is 13.3. The number of para-hydroxylation sites is 1. The van der Waals surface area contributed by atoms with Crippen LogP contribution >= 0.6 is 0 Å². The first-order chi connectivity index (χ1) is 16.0. The van der Waals surface area contributed by atoms with Gasteiger partial charge in [-0.25, -0.2) is 4.79 Å². The van der Waals surface area contributed by atoms with Crippen molar-refractivity contribution in [3.05, 3.63) is 65.7 Å². The van der Waals surface area contributed by atoms with Crippen molar-refractivity contribution >= 4 is 23.5 Å². The van der Waals surface area contributed by atoms with Crippen molar-refractivity contribution in [1.82, 2.24) is 10.6 Å². The van der Waals surface area contributed by atoms with Gasteiger partial charge in [-0.05, 0) is 49.3 Å². The van der Waals surface area contributed by atoms with Gasteiger partial charge < -0.3 is 20.7 Å². The van der Waals surface area contributed by atoms with Gasteiger partial charge >= 0.3 is 5.97 Å². The molecule has 2 amide bonds. The van der Waals surface area contributed by atoms with Crippen LogP contribution in [0.1, 0.15) is 41.6 Å². The van der Waals surface area contributed by atoms with Crippen LogP contribution in [0.4, 0.5) is 5.69 Å². The van der Waals surface area contributed by atoms with Gasteiger partial charge in [0, 0.05) is 23.9 Å². The highest BCUT2D eigenvalue weighted by molar-refractivity contribution is 6.02. The van der Waals surface area contributed by atoms with E-state index in [1.807, 2.05) is 54.6 Å². The zero-order valence-electron chi connectivity index (χ0n) is 18.7. The molecule has 1 spiro atoms. The van der Waals surface area contributed by atoms with E-state index in [1.54, 1.807) is 0 Å². The number of carbonyl (C=O) groups excluding carboxylic acids is 3. The van der Waals surface area contributed by atoms with Crippen LogP contribution in [0.2, 0.25) is 0 Å².